The minimum Gasteiger partial charge on any atom is -0.490 e. The lowest BCUT2D eigenvalue weighted by Crippen LogP contribution is -2.22. The Bertz CT molecular complexity index is 721. The van der Waals surface area contributed by atoms with E-state index in [0.29, 0.717) is 6.61 Å². The summed E-state index contributed by atoms with van der Waals surface area (Å²) in [5.41, 5.74) is 0.629. The molecule has 1 atom stereocenters. The highest BCUT2D eigenvalue weighted by molar-refractivity contribution is 9.10. The zero-order chi connectivity index (χ0) is 19.0. The Morgan fingerprint density at radius 3 is 2.19 bits per heavy atom. The van der Waals surface area contributed by atoms with Gasteiger partial charge in [-0.1, -0.05) is 58.4 Å². The van der Waals surface area contributed by atoms with Crippen molar-refractivity contribution in [3.63, 3.8) is 0 Å². The number of rotatable bonds is 9. The van der Waals surface area contributed by atoms with Crippen LogP contribution in [0.1, 0.15) is 18.1 Å². The molecule has 3 nitrogen and oxygen atoms in total. The van der Waals surface area contributed by atoms with E-state index in [2.05, 4.69) is 33.5 Å². The highest BCUT2D eigenvalue weighted by Gasteiger charge is 2.25. The van der Waals surface area contributed by atoms with E-state index in [-0.39, 0.29) is 0 Å². The van der Waals surface area contributed by atoms with Gasteiger partial charge in [0.25, 0.3) is 0 Å². The lowest BCUT2D eigenvalue weighted by atomic mass is 9.88. The number of nitrogens with zero attached hydrogens (tertiary/aromatic N) is 1. The second kappa shape index (κ2) is 9.72. The largest absolute Gasteiger partial charge is 0.490 e. The highest BCUT2D eigenvalue weighted by Crippen LogP contribution is 2.31. The molecule has 0 fully saturated rings. The number of hydrogen-bond acceptors (Lipinski definition) is 3. The molecule has 1 N–H and O–H groups in total. The molecular formula is C22H26BrNO2. The number of aliphatic hydroxyl groups is 1. The minimum absolute atomic E-state index is 0.518. The minimum atomic E-state index is -1.05. The van der Waals surface area contributed by atoms with Gasteiger partial charge in [-0.05, 0) is 49.4 Å². The quantitative estimate of drug-likeness (QED) is 0.599. The lowest BCUT2D eigenvalue weighted by molar-refractivity contribution is 0.102. The van der Waals surface area contributed by atoms with Crippen molar-refractivity contribution in [2.75, 3.05) is 26.7 Å². The Morgan fingerprint density at radius 2 is 1.62 bits per heavy atom. The maximum atomic E-state index is 10.9. The molecule has 0 aromatic heterocycles. The van der Waals surface area contributed by atoms with E-state index in [9.17, 15) is 5.11 Å². The first kappa shape index (κ1) is 20.4. The van der Waals surface area contributed by atoms with E-state index in [4.69, 9.17) is 4.74 Å². The Balaban J connectivity index is 1.92. The number of hydrogen-bond donors (Lipinski definition) is 1. The van der Waals surface area contributed by atoms with Crippen molar-refractivity contribution in [1.82, 2.24) is 4.90 Å². The number of halogens is 1. The van der Waals surface area contributed by atoms with Gasteiger partial charge in [0.05, 0.1) is 0 Å². The van der Waals surface area contributed by atoms with Crippen molar-refractivity contribution in [1.29, 1.82) is 0 Å². The molecule has 0 saturated heterocycles. The predicted octanol–water partition coefficient (Wildman–Crippen LogP) is 4.76. The second-order valence-corrected chi connectivity index (χ2v) is 7.31. The highest BCUT2D eigenvalue weighted by atomic mass is 79.9. The molecule has 0 aliphatic heterocycles. The third-order valence-corrected chi connectivity index (χ3v) is 4.72. The van der Waals surface area contributed by atoms with E-state index in [0.717, 1.165) is 34.4 Å². The van der Waals surface area contributed by atoms with Crippen LogP contribution in [0.4, 0.5) is 0 Å². The molecule has 0 heterocycles. The van der Waals surface area contributed by atoms with Crippen molar-refractivity contribution >= 4 is 15.9 Å². The fourth-order valence-corrected chi connectivity index (χ4v) is 2.84. The summed E-state index contributed by atoms with van der Waals surface area (Å²) < 4.78 is 6.71. The predicted molar refractivity (Wildman–Crippen MR) is 112 cm³/mol. The SMILES string of the molecule is C=CCN(C)CC=CCOc1ccc([C@@](C)(O)c2ccc(Br)cc2)cc1. The first-order valence-corrected chi connectivity index (χ1v) is 9.39. The van der Waals surface area contributed by atoms with Gasteiger partial charge >= 0.3 is 0 Å². The van der Waals surface area contributed by atoms with Crippen LogP contribution < -0.4 is 4.74 Å². The molecule has 2 aromatic rings. The van der Waals surface area contributed by atoms with Gasteiger partial charge in [-0.2, -0.15) is 0 Å². The molecule has 26 heavy (non-hydrogen) atoms. The van der Waals surface area contributed by atoms with Crippen LogP contribution in [0, 0.1) is 0 Å². The van der Waals surface area contributed by atoms with Gasteiger partial charge in [-0.3, -0.25) is 4.90 Å². The summed E-state index contributed by atoms with van der Waals surface area (Å²) >= 11 is 3.42. The summed E-state index contributed by atoms with van der Waals surface area (Å²) in [6, 6.07) is 15.3. The average Bonchev–Trinajstić information content (AvgIpc) is 2.62. The van der Waals surface area contributed by atoms with Crippen LogP contribution in [-0.4, -0.2) is 36.8 Å². The zero-order valence-corrected chi connectivity index (χ0v) is 16.9. The molecule has 4 heteroatoms. The molecule has 0 radical (unpaired) electrons. The van der Waals surface area contributed by atoms with Gasteiger partial charge < -0.3 is 9.84 Å². The Kier molecular flexibility index (Phi) is 7.64. The summed E-state index contributed by atoms with van der Waals surface area (Å²) in [4.78, 5) is 2.16. The van der Waals surface area contributed by atoms with Crippen molar-refractivity contribution in [3.05, 3.63) is 88.9 Å². The average molecular weight is 416 g/mol. The Labute approximate surface area is 164 Å². The van der Waals surface area contributed by atoms with E-state index >= 15 is 0 Å². The maximum absolute atomic E-state index is 10.9. The summed E-state index contributed by atoms with van der Waals surface area (Å²) in [6.07, 6.45) is 5.97. The van der Waals surface area contributed by atoms with Gasteiger partial charge in [0.1, 0.15) is 18.0 Å². The summed E-state index contributed by atoms with van der Waals surface area (Å²) in [7, 11) is 2.04. The van der Waals surface area contributed by atoms with Gasteiger partial charge in [0, 0.05) is 17.6 Å². The molecule has 138 valence electrons. The van der Waals surface area contributed by atoms with Crippen LogP contribution in [0.3, 0.4) is 0 Å². The standard InChI is InChI=1S/C22H26BrNO2/c1-4-15-24(3)16-5-6-17-26-21-13-9-19(10-14-21)22(2,25)18-7-11-20(23)12-8-18/h4-14,25H,1,15-17H2,2-3H3/t22-/m0/s1. The fourth-order valence-electron chi connectivity index (χ4n) is 2.58. The van der Waals surface area contributed by atoms with Crippen molar-refractivity contribution in [3.8, 4) is 5.75 Å². The first-order chi connectivity index (χ1) is 12.4. The zero-order valence-electron chi connectivity index (χ0n) is 15.4. The van der Waals surface area contributed by atoms with Gasteiger partial charge in [-0.25, -0.2) is 0 Å². The maximum Gasteiger partial charge on any atom is 0.119 e. The number of ether oxygens (including phenoxy) is 1. The van der Waals surface area contributed by atoms with Gasteiger partial charge in [-0.15, -0.1) is 6.58 Å². The monoisotopic (exact) mass is 415 g/mol. The molecule has 0 unspecified atom stereocenters. The van der Waals surface area contributed by atoms with Crippen LogP contribution >= 0.6 is 15.9 Å². The third-order valence-electron chi connectivity index (χ3n) is 4.19. The first-order valence-electron chi connectivity index (χ1n) is 8.59. The summed E-state index contributed by atoms with van der Waals surface area (Å²) in [5.74, 6) is 0.782. The molecule has 2 rings (SSSR count). The summed E-state index contributed by atoms with van der Waals surface area (Å²) in [5, 5.41) is 10.9. The fraction of sp³-hybridized carbons (Fsp3) is 0.273. The topological polar surface area (TPSA) is 32.7 Å². The van der Waals surface area contributed by atoms with Crippen LogP contribution in [-0.2, 0) is 5.60 Å². The van der Waals surface area contributed by atoms with Crippen LogP contribution in [0.5, 0.6) is 5.75 Å². The summed E-state index contributed by atoms with van der Waals surface area (Å²) in [6.45, 7) is 7.77. The number of benzene rings is 2. The molecule has 0 aliphatic carbocycles. The second-order valence-electron chi connectivity index (χ2n) is 6.40. The molecule has 0 amide bonds. The van der Waals surface area contributed by atoms with Gasteiger partial charge in [0.2, 0.25) is 0 Å². The van der Waals surface area contributed by atoms with Gasteiger partial charge in [0.15, 0.2) is 0 Å². The molecule has 0 spiro atoms. The normalized spacial score (nSPS) is 13.7. The molecule has 0 saturated carbocycles. The Hall–Kier alpha value is -1.88. The Morgan fingerprint density at radius 1 is 1.04 bits per heavy atom. The molecule has 2 aromatic carbocycles. The van der Waals surface area contributed by atoms with Crippen LogP contribution in [0.25, 0.3) is 0 Å². The molecule has 0 aliphatic rings. The van der Waals surface area contributed by atoms with Crippen molar-refractivity contribution in [2.24, 2.45) is 0 Å². The molecular weight excluding hydrogens is 390 g/mol. The molecule has 0 bridgehead atoms. The van der Waals surface area contributed by atoms with E-state index in [1.54, 1.807) is 6.92 Å². The lowest BCUT2D eigenvalue weighted by Gasteiger charge is -2.24. The van der Waals surface area contributed by atoms with E-state index < -0.39 is 5.60 Å². The van der Waals surface area contributed by atoms with Crippen LogP contribution in [0.15, 0.2) is 77.8 Å². The smallest absolute Gasteiger partial charge is 0.119 e. The van der Waals surface area contributed by atoms with Crippen molar-refractivity contribution in [2.45, 2.75) is 12.5 Å². The number of likely N-dealkylation sites (N-methyl/N-ethyl adjacent to an activating group) is 1. The third kappa shape index (κ3) is 5.84. The van der Waals surface area contributed by atoms with Crippen molar-refractivity contribution < 1.29 is 9.84 Å². The van der Waals surface area contributed by atoms with E-state index in [1.165, 1.54) is 0 Å². The van der Waals surface area contributed by atoms with E-state index in [1.807, 2.05) is 67.7 Å². The van der Waals surface area contributed by atoms with Crippen LogP contribution in [0.2, 0.25) is 0 Å².